The number of aromatic nitrogens is 2. The molecule has 0 bridgehead atoms. The molecule has 0 amide bonds. The van der Waals surface area contributed by atoms with E-state index in [-0.39, 0.29) is 12.4 Å². The van der Waals surface area contributed by atoms with E-state index in [9.17, 15) is 14.7 Å². The van der Waals surface area contributed by atoms with Crippen LogP contribution >= 0.6 is 12.4 Å². The highest BCUT2D eigenvalue weighted by Crippen LogP contribution is 2.40. The van der Waals surface area contributed by atoms with Gasteiger partial charge >= 0.3 is 6.16 Å². The van der Waals surface area contributed by atoms with E-state index in [0.29, 0.717) is 24.2 Å². The molecule has 9 nitrogen and oxygen atoms in total. The van der Waals surface area contributed by atoms with Crippen LogP contribution in [0.1, 0.15) is 18.2 Å². The summed E-state index contributed by atoms with van der Waals surface area (Å²) in [5.74, 6) is -1.05. The first-order valence-electron chi connectivity index (χ1n) is 9.37. The zero-order valence-electron chi connectivity index (χ0n) is 16.5. The summed E-state index contributed by atoms with van der Waals surface area (Å²) in [5, 5.41) is 27.0. The second kappa shape index (κ2) is 8.29. The monoisotopic (exact) mass is 434 g/mol. The lowest BCUT2D eigenvalue weighted by molar-refractivity contribution is 0.142. The summed E-state index contributed by atoms with van der Waals surface area (Å²) < 4.78 is 6.61. The second-order valence-electron chi connectivity index (χ2n) is 6.96. The maximum atomic E-state index is 12.4. The molecule has 0 unspecified atom stereocenters. The number of aromatic hydroxyl groups is 1. The van der Waals surface area contributed by atoms with E-state index >= 15 is 0 Å². The molecule has 2 aromatic heterocycles. The number of pyridine rings is 1. The average Bonchev–Trinajstić information content (AvgIpc) is 2.87. The Hall–Kier alpha value is -3.17. The Kier molecular flexibility index (Phi) is 5.95. The minimum Gasteiger partial charge on any atom is -0.504 e. The van der Waals surface area contributed by atoms with E-state index in [2.05, 4.69) is 37.9 Å². The molecule has 1 aliphatic heterocycles. The Labute approximate surface area is 178 Å². The van der Waals surface area contributed by atoms with Crippen LogP contribution in [0.15, 0.2) is 23.0 Å². The van der Waals surface area contributed by atoms with Crippen LogP contribution < -0.4 is 20.9 Å². The van der Waals surface area contributed by atoms with Gasteiger partial charge in [-0.3, -0.25) is 4.79 Å². The van der Waals surface area contributed by atoms with Crippen LogP contribution in [-0.4, -0.2) is 39.0 Å². The number of H-pyrrole nitrogens is 1. The SMILES string of the molecule is CCNCc1cc2cc3c(cc2n1C)NCCc1c-3[nH]c(=O)c(OC(=O)O)c1O.Cl. The van der Waals surface area contributed by atoms with E-state index in [1.165, 1.54) is 0 Å². The molecule has 0 saturated carbocycles. The molecule has 160 valence electrons. The van der Waals surface area contributed by atoms with Crippen LogP contribution in [-0.2, 0) is 20.0 Å². The fourth-order valence-corrected chi connectivity index (χ4v) is 3.80. The van der Waals surface area contributed by atoms with Gasteiger partial charge in [0.05, 0.1) is 11.2 Å². The molecule has 0 spiro atoms. The normalized spacial score (nSPS) is 12.3. The van der Waals surface area contributed by atoms with Crippen molar-refractivity contribution in [2.45, 2.75) is 19.9 Å². The van der Waals surface area contributed by atoms with E-state index in [1.807, 2.05) is 19.2 Å². The third-order valence-electron chi connectivity index (χ3n) is 5.23. The number of carbonyl (C=O) groups is 1. The number of fused-ring (bicyclic) bond motifs is 4. The van der Waals surface area contributed by atoms with Gasteiger partial charge in [0.25, 0.3) is 5.56 Å². The highest BCUT2D eigenvalue weighted by atomic mass is 35.5. The zero-order valence-corrected chi connectivity index (χ0v) is 17.4. The van der Waals surface area contributed by atoms with Crippen LogP contribution in [0.3, 0.4) is 0 Å². The molecule has 1 aliphatic rings. The van der Waals surface area contributed by atoms with Crippen molar-refractivity contribution in [3.63, 3.8) is 0 Å². The Morgan fingerprint density at radius 3 is 2.80 bits per heavy atom. The quantitative estimate of drug-likeness (QED) is 0.399. The Morgan fingerprint density at radius 2 is 2.10 bits per heavy atom. The average molecular weight is 435 g/mol. The summed E-state index contributed by atoms with van der Waals surface area (Å²) in [6.45, 7) is 4.17. The molecule has 3 aromatic rings. The predicted molar refractivity (Wildman–Crippen MR) is 116 cm³/mol. The molecule has 0 saturated heterocycles. The van der Waals surface area contributed by atoms with Gasteiger partial charge in [-0.05, 0) is 31.2 Å². The Bertz CT molecular complexity index is 1180. The number of rotatable bonds is 4. The molecule has 0 radical (unpaired) electrons. The summed E-state index contributed by atoms with van der Waals surface area (Å²) in [6, 6.07) is 6.07. The molecule has 10 heteroatoms. The van der Waals surface area contributed by atoms with Crippen LogP contribution in [0.2, 0.25) is 0 Å². The fourth-order valence-electron chi connectivity index (χ4n) is 3.80. The molecule has 1 aromatic carbocycles. The number of hydrogen-bond acceptors (Lipinski definition) is 6. The summed E-state index contributed by atoms with van der Waals surface area (Å²) in [5.41, 5.74) is 3.85. The summed E-state index contributed by atoms with van der Waals surface area (Å²) in [6.07, 6.45) is -1.26. The van der Waals surface area contributed by atoms with Gasteiger partial charge in [-0.2, -0.15) is 0 Å². The topological polar surface area (TPSA) is 129 Å². The fraction of sp³-hybridized carbons (Fsp3) is 0.300. The van der Waals surface area contributed by atoms with Gasteiger partial charge in [0.2, 0.25) is 5.75 Å². The number of ether oxygens (including phenoxy) is 1. The highest BCUT2D eigenvalue weighted by Gasteiger charge is 2.25. The molecule has 4 rings (SSSR count). The largest absolute Gasteiger partial charge is 0.511 e. The number of anilines is 1. The van der Waals surface area contributed by atoms with Gasteiger partial charge in [-0.25, -0.2) is 4.79 Å². The predicted octanol–water partition coefficient (Wildman–Crippen LogP) is 2.80. The minimum absolute atomic E-state index is 0. The van der Waals surface area contributed by atoms with Crippen molar-refractivity contribution < 1.29 is 19.7 Å². The van der Waals surface area contributed by atoms with Gasteiger partial charge in [-0.1, -0.05) is 6.92 Å². The van der Waals surface area contributed by atoms with Crippen molar-refractivity contribution >= 4 is 35.2 Å². The minimum atomic E-state index is -1.66. The number of carboxylic acid groups (broad SMARTS) is 1. The number of aromatic amines is 1. The number of halogens is 1. The van der Waals surface area contributed by atoms with Crippen LogP contribution in [0, 0.1) is 0 Å². The van der Waals surface area contributed by atoms with E-state index in [4.69, 9.17) is 5.11 Å². The van der Waals surface area contributed by atoms with E-state index in [0.717, 1.165) is 40.9 Å². The zero-order chi connectivity index (χ0) is 20.7. The number of aryl methyl sites for hydroxylation is 1. The molecule has 0 atom stereocenters. The number of nitrogens with zero attached hydrogens (tertiary/aromatic N) is 1. The third kappa shape index (κ3) is 3.57. The lowest BCUT2D eigenvalue weighted by Crippen LogP contribution is -2.17. The lowest BCUT2D eigenvalue weighted by atomic mass is 10.0. The molecule has 0 fully saturated rings. The van der Waals surface area contributed by atoms with Gasteiger partial charge < -0.3 is 35.1 Å². The molecule has 0 aliphatic carbocycles. The maximum Gasteiger partial charge on any atom is 0.511 e. The van der Waals surface area contributed by atoms with Gasteiger partial charge in [-0.15, -0.1) is 12.4 Å². The summed E-state index contributed by atoms with van der Waals surface area (Å²) in [4.78, 5) is 25.9. The first kappa shape index (κ1) is 21.5. The van der Waals surface area contributed by atoms with Crippen molar-refractivity contribution in [1.29, 1.82) is 0 Å². The third-order valence-corrected chi connectivity index (χ3v) is 5.23. The number of benzene rings is 1. The maximum absolute atomic E-state index is 12.4. The highest BCUT2D eigenvalue weighted by molar-refractivity contribution is 5.94. The van der Waals surface area contributed by atoms with Crippen LogP contribution in [0.4, 0.5) is 10.5 Å². The van der Waals surface area contributed by atoms with E-state index < -0.39 is 23.2 Å². The first-order chi connectivity index (χ1) is 13.9. The standard InChI is InChI=1S/C20H22N4O5.ClH/c1-3-21-9-11-6-10-7-13-14(8-15(10)24(11)2)22-5-4-12-16(13)23-19(26)18(17(12)25)29-20(27)28;/h6-8,21-22H,3-5,9H2,1-2H3,(H,27,28)(H2,23,25,26);1H. The molecule has 30 heavy (non-hydrogen) atoms. The van der Waals surface area contributed by atoms with Crippen molar-refractivity contribution in [3.8, 4) is 22.8 Å². The van der Waals surface area contributed by atoms with Crippen molar-refractivity contribution in [1.82, 2.24) is 14.9 Å². The van der Waals surface area contributed by atoms with Crippen LogP contribution in [0.25, 0.3) is 22.2 Å². The second-order valence-corrected chi connectivity index (χ2v) is 6.96. The smallest absolute Gasteiger partial charge is 0.504 e. The van der Waals surface area contributed by atoms with Gasteiger partial charge in [0.1, 0.15) is 0 Å². The van der Waals surface area contributed by atoms with E-state index in [1.54, 1.807) is 0 Å². The first-order valence-corrected chi connectivity index (χ1v) is 9.37. The van der Waals surface area contributed by atoms with Crippen molar-refractivity contribution in [2.24, 2.45) is 7.05 Å². The Balaban J connectivity index is 0.00000256. The molecular weight excluding hydrogens is 412 g/mol. The molecule has 3 heterocycles. The van der Waals surface area contributed by atoms with Crippen molar-refractivity contribution in [2.75, 3.05) is 18.4 Å². The summed E-state index contributed by atoms with van der Waals surface area (Å²) in [7, 11) is 2.01. The van der Waals surface area contributed by atoms with Crippen LogP contribution in [0.5, 0.6) is 11.5 Å². The molecule has 5 N–H and O–H groups in total. The van der Waals surface area contributed by atoms with Gasteiger partial charge in [0, 0.05) is 48.0 Å². The molecular formula is C20H23ClN4O5. The Morgan fingerprint density at radius 1 is 1.33 bits per heavy atom. The summed E-state index contributed by atoms with van der Waals surface area (Å²) >= 11 is 0. The van der Waals surface area contributed by atoms with Gasteiger partial charge in [0.15, 0.2) is 5.75 Å². The lowest BCUT2D eigenvalue weighted by Gasteiger charge is -2.13. The number of nitrogens with one attached hydrogen (secondary N) is 3. The van der Waals surface area contributed by atoms with Crippen molar-refractivity contribution in [3.05, 3.63) is 39.8 Å². The number of hydrogen-bond donors (Lipinski definition) is 5.